The number of carbonyl (C=O) groups is 1. The molecular formula is C25H28N4O. The van der Waals surface area contributed by atoms with Crippen molar-refractivity contribution in [2.24, 2.45) is 0 Å². The molecule has 0 bridgehead atoms. The van der Waals surface area contributed by atoms with E-state index in [0.717, 1.165) is 59.5 Å². The Morgan fingerprint density at radius 1 is 1.10 bits per heavy atom. The zero-order valence-electron chi connectivity index (χ0n) is 17.6. The summed E-state index contributed by atoms with van der Waals surface area (Å²) in [5, 5.41) is 4.43. The van der Waals surface area contributed by atoms with Crippen molar-refractivity contribution >= 4 is 28.1 Å². The molecule has 30 heavy (non-hydrogen) atoms. The topological polar surface area (TPSA) is 74.2 Å². The molecule has 2 aliphatic carbocycles. The number of piperazine rings is 1. The Bertz CT molecular complexity index is 1200. The molecule has 0 spiro atoms. The van der Waals surface area contributed by atoms with Gasteiger partial charge in [-0.15, -0.1) is 0 Å². The normalized spacial score (nSPS) is 20.3. The highest BCUT2D eigenvalue weighted by atomic mass is 16.1. The molecule has 6 rings (SSSR count). The molecule has 2 aromatic carbocycles. The Morgan fingerprint density at radius 3 is 2.60 bits per heavy atom. The first kappa shape index (κ1) is 18.0. The summed E-state index contributed by atoms with van der Waals surface area (Å²) < 4.78 is 0. The number of hydrogen-bond acceptors (Lipinski definition) is 4. The Hall–Kier alpha value is -2.79. The molecule has 2 fully saturated rings. The second-order valence-electron chi connectivity index (χ2n) is 9.60. The fraction of sp³-hybridized carbons (Fsp3) is 0.400. The van der Waals surface area contributed by atoms with Gasteiger partial charge in [-0.1, -0.05) is 19.9 Å². The number of carbonyl (C=O) groups excluding carboxylic acids is 1. The van der Waals surface area contributed by atoms with Crippen molar-refractivity contribution in [3.63, 3.8) is 0 Å². The van der Waals surface area contributed by atoms with Gasteiger partial charge in [-0.3, -0.25) is 4.79 Å². The van der Waals surface area contributed by atoms with Crippen LogP contribution in [0.1, 0.15) is 65.3 Å². The van der Waals surface area contributed by atoms with Crippen LogP contribution in [0.25, 0.3) is 10.9 Å². The van der Waals surface area contributed by atoms with Crippen LogP contribution in [-0.4, -0.2) is 36.9 Å². The number of nitrogen functional groups attached to an aromatic ring is 1. The summed E-state index contributed by atoms with van der Waals surface area (Å²) in [4.78, 5) is 19.8. The molecule has 0 amide bonds. The molecule has 1 aromatic heterocycles. The van der Waals surface area contributed by atoms with Crippen molar-refractivity contribution in [2.75, 3.05) is 36.8 Å². The standard InChI is InChI=1S/C25H28N4O/c1-25(2)19-13-21(29-9-7-27-8-10-29)17(14-3-4-14)12-18(19)23(30)22-16-6-5-15(26)11-20(16)28-24(22)25/h5-6,11-14,27-28H,3-4,7-10,26H2,1-2H3. The Balaban J connectivity index is 1.58. The van der Waals surface area contributed by atoms with Crippen molar-refractivity contribution in [3.05, 3.63) is 58.3 Å². The molecule has 1 saturated heterocycles. The summed E-state index contributed by atoms with van der Waals surface area (Å²) in [6, 6.07) is 10.4. The number of anilines is 2. The zero-order chi connectivity index (χ0) is 20.6. The highest BCUT2D eigenvalue weighted by molar-refractivity contribution is 6.20. The molecule has 4 N–H and O–H groups in total. The number of ketones is 1. The average Bonchev–Trinajstić information content (AvgIpc) is 3.52. The minimum absolute atomic E-state index is 0.143. The summed E-state index contributed by atoms with van der Waals surface area (Å²) in [7, 11) is 0. The van der Waals surface area contributed by atoms with E-state index in [4.69, 9.17) is 5.73 Å². The van der Waals surface area contributed by atoms with Crippen LogP contribution >= 0.6 is 0 Å². The molecule has 0 radical (unpaired) electrons. The zero-order valence-corrected chi connectivity index (χ0v) is 17.6. The predicted octanol–water partition coefficient (Wildman–Crippen LogP) is 3.91. The Kier molecular flexibility index (Phi) is 3.67. The van der Waals surface area contributed by atoms with Gasteiger partial charge in [-0.05, 0) is 54.2 Å². The maximum atomic E-state index is 13.8. The van der Waals surface area contributed by atoms with E-state index < -0.39 is 0 Å². The molecule has 3 aliphatic rings. The molecule has 0 atom stereocenters. The monoisotopic (exact) mass is 400 g/mol. The van der Waals surface area contributed by atoms with E-state index in [1.54, 1.807) is 0 Å². The van der Waals surface area contributed by atoms with E-state index in [0.29, 0.717) is 11.6 Å². The van der Waals surface area contributed by atoms with Gasteiger partial charge in [0.15, 0.2) is 5.78 Å². The van der Waals surface area contributed by atoms with Crippen LogP contribution < -0.4 is 16.0 Å². The van der Waals surface area contributed by atoms with Crippen LogP contribution in [0.5, 0.6) is 0 Å². The molecule has 1 saturated carbocycles. The van der Waals surface area contributed by atoms with Gasteiger partial charge in [0.25, 0.3) is 0 Å². The number of rotatable bonds is 2. The number of aromatic nitrogens is 1. The first-order valence-electron chi connectivity index (χ1n) is 11.1. The number of nitrogens with one attached hydrogen (secondary N) is 2. The van der Waals surface area contributed by atoms with E-state index in [-0.39, 0.29) is 11.2 Å². The fourth-order valence-corrected chi connectivity index (χ4v) is 5.40. The Labute approximate surface area is 176 Å². The number of hydrogen-bond donors (Lipinski definition) is 3. The summed E-state index contributed by atoms with van der Waals surface area (Å²) in [5.74, 6) is 0.740. The van der Waals surface area contributed by atoms with Crippen LogP contribution in [0.2, 0.25) is 0 Å². The lowest BCUT2D eigenvalue weighted by Gasteiger charge is -2.36. The maximum Gasteiger partial charge on any atom is 0.195 e. The second kappa shape index (κ2) is 6.11. The fourth-order valence-electron chi connectivity index (χ4n) is 5.40. The minimum Gasteiger partial charge on any atom is -0.399 e. The number of benzene rings is 2. The van der Waals surface area contributed by atoms with Gasteiger partial charge in [0.05, 0.1) is 5.56 Å². The predicted molar refractivity (Wildman–Crippen MR) is 122 cm³/mol. The van der Waals surface area contributed by atoms with Crippen molar-refractivity contribution in [1.82, 2.24) is 10.3 Å². The molecule has 5 heteroatoms. The third kappa shape index (κ3) is 2.48. The van der Waals surface area contributed by atoms with Crippen LogP contribution in [-0.2, 0) is 5.41 Å². The molecule has 5 nitrogen and oxygen atoms in total. The highest BCUT2D eigenvalue weighted by Crippen LogP contribution is 2.50. The highest BCUT2D eigenvalue weighted by Gasteiger charge is 2.41. The third-order valence-electron chi connectivity index (χ3n) is 7.23. The smallest absolute Gasteiger partial charge is 0.195 e. The average molecular weight is 401 g/mol. The van der Waals surface area contributed by atoms with E-state index in [1.807, 2.05) is 18.2 Å². The molecule has 2 heterocycles. The number of nitrogens with two attached hydrogens (primary N) is 1. The Morgan fingerprint density at radius 2 is 1.87 bits per heavy atom. The van der Waals surface area contributed by atoms with Crippen LogP contribution in [0, 0.1) is 0 Å². The number of H-pyrrole nitrogens is 1. The van der Waals surface area contributed by atoms with E-state index in [1.165, 1.54) is 24.1 Å². The minimum atomic E-state index is -0.281. The van der Waals surface area contributed by atoms with Crippen molar-refractivity contribution < 1.29 is 4.79 Å². The van der Waals surface area contributed by atoms with Crippen molar-refractivity contribution in [1.29, 1.82) is 0 Å². The molecule has 3 aromatic rings. The van der Waals surface area contributed by atoms with E-state index in [2.05, 4.69) is 41.2 Å². The van der Waals surface area contributed by atoms with Crippen LogP contribution in [0.15, 0.2) is 30.3 Å². The van der Waals surface area contributed by atoms with Crippen LogP contribution in [0.4, 0.5) is 11.4 Å². The second-order valence-corrected chi connectivity index (χ2v) is 9.60. The van der Waals surface area contributed by atoms with E-state index >= 15 is 0 Å². The van der Waals surface area contributed by atoms with Gasteiger partial charge in [-0.2, -0.15) is 0 Å². The van der Waals surface area contributed by atoms with Crippen LogP contribution in [0.3, 0.4) is 0 Å². The van der Waals surface area contributed by atoms with Gasteiger partial charge in [0, 0.05) is 65.1 Å². The van der Waals surface area contributed by atoms with Gasteiger partial charge in [0.1, 0.15) is 0 Å². The third-order valence-corrected chi connectivity index (χ3v) is 7.23. The summed E-state index contributed by atoms with van der Waals surface area (Å²) in [6.07, 6.45) is 2.46. The molecule has 0 unspecified atom stereocenters. The molecular weight excluding hydrogens is 372 g/mol. The summed E-state index contributed by atoms with van der Waals surface area (Å²) in [5.41, 5.74) is 13.9. The van der Waals surface area contributed by atoms with Crippen molar-refractivity contribution in [2.45, 2.75) is 38.0 Å². The number of nitrogens with zero attached hydrogens (tertiary/aromatic N) is 1. The number of aromatic amines is 1. The summed E-state index contributed by atoms with van der Waals surface area (Å²) >= 11 is 0. The van der Waals surface area contributed by atoms with Gasteiger partial charge in [0.2, 0.25) is 0 Å². The SMILES string of the molecule is CC1(C)c2cc(N3CCNCC3)c(C3CC3)cc2C(=O)c2c1[nH]c1cc(N)ccc21. The quantitative estimate of drug-likeness (QED) is 0.570. The lowest BCUT2D eigenvalue weighted by molar-refractivity contribution is 0.103. The first-order chi connectivity index (χ1) is 14.4. The molecule has 154 valence electrons. The largest absolute Gasteiger partial charge is 0.399 e. The number of fused-ring (bicyclic) bond motifs is 4. The lowest BCUT2D eigenvalue weighted by Crippen LogP contribution is -2.44. The maximum absolute atomic E-state index is 13.8. The lowest BCUT2D eigenvalue weighted by atomic mass is 9.70. The van der Waals surface area contributed by atoms with Gasteiger partial charge < -0.3 is 20.9 Å². The van der Waals surface area contributed by atoms with Gasteiger partial charge >= 0.3 is 0 Å². The van der Waals surface area contributed by atoms with E-state index in [9.17, 15) is 4.79 Å². The van der Waals surface area contributed by atoms with Gasteiger partial charge in [-0.25, -0.2) is 0 Å². The first-order valence-corrected chi connectivity index (χ1v) is 11.1. The molecule has 1 aliphatic heterocycles. The summed E-state index contributed by atoms with van der Waals surface area (Å²) in [6.45, 7) is 8.52. The van der Waals surface area contributed by atoms with Crippen molar-refractivity contribution in [3.8, 4) is 0 Å².